The zero-order valence-corrected chi connectivity index (χ0v) is 12.6. The van der Waals surface area contributed by atoms with E-state index < -0.39 is 24.1 Å². The Labute approximate surface area is 124 Å². The molecule has 0 rings (SSSR count). The molecule has 0 saturated carbocycles. The van der Waals surface area contributed by atoms with Crippen LogP contribution in [0.4, 0.5) is 0 Å². The average molecular weight is 255 g/mol. The fourth-order valence-electron chi connectivity index (χ4n) is 1.04. The molecule has 94 valence electrons. The van der Waals surface area contributed by atoms with E-state index in [0.717, 1.165) is 6.08 Å². The summed E-state index contributed by atoms with van der Waals surface area (Å²) in [6.45, 7) is 4.80. The van der Waals surface area contributed by atoms with Crippen LogP contribution >= 0.6 is 0 Å². The predicted octanol–water partition coefficient (Wildman–Crippen LogP) is -3.01. The van der Waals surface area contributed by atoms with Crippen molar-refractivity contribution in [2.75, 3.05) is 6.61 Å². The van der Waals surface area contributed by atoms with Gasteiger partial charge in [0.2, 0.25) is 0 Å². The van der Waals surface area contributed by atoms with Crippen molar-refractivity contribution in [3.05, 3.63) is 11.8 Å². The van der Waals surface area contributed by atoms with Crippen molar-refractivity contribution in [3.63, 3.8) is 0 Å². The number of allylic oxidation sites excluding steroid dienone is 1. The van der Waals surface area contributed by atoms with Gasteiger partial charge in [-0.1, -0.05) is 0 Å². The summed E-state index contributed by atoms with van der Waals surface area (Å²) < 4.78 is 4.65. The van der Waals surface area contributed by atoms with E-state index in [1.807, 2.05) is 0 Å². The van der Waals surface area contributed by atoms with Crippen LogP contribution in [-0.4, -0.2) is 40.9 Å². The Morgan fingerprint density at radius 3 is 2.41 bits per heavy atom. The Hall–Kier alpha value is -0.560. The summed E-state index contributed by atoms with van der Waals surface area (Å²) in [5, 5.41) is 20.5. The van der Waals surface area contributed by atoms with Gasteiger partial charge in [0, 0.05) is 11.8 Å². The Kier molecular flexibility index (Phi) is 10.5. The van der Waals surface area contributed by atoms with Crippen molar-refractivity contribution < 1.29 is 55.5 Å². The first kappa shape index (κ1) is 18.8. The SMILES string of the molecule is CCOC(=O)C=C(C)N[C@H](C(=O)O)[C@@H](C)O.[H-].[Na+]. The average Bonchev–Trinajstić information content (AvgIpc) is 2.13. The molecule has 0 aromatic heterocycles. The standard InChI is InChI=1S/C10H17NO5.Na.H/c1-4-16-8(13)5-6(2)11-9(7(3)12)10(14)15;;/h5,7,9,11-12H,4H2,1-3H3,(H,14,15);;/q;+1;-1/t7-,9+;;/m1../s1. The van der Waals surface area contributed by atoms with E-state index in [2.05, 4.69) is 10.1 Å². The maximum Gasteiger partial charge on any atom is 1.00 e. The Morgan fingerprint density at radius 1 is 1.53 bits per heavy atom. The summed E-state index contributed by atoms with van der Waals surface area (Å²) in [4.78, 5) is 21.7. The summed E-state index contributed by atoms with van der Waals surface area (Å²) in [5.74, 6) is -1.74. The number of hydrogen-bond acceptors (Lipinski definition) is 5. The van der Waals surface area contributed by atoms with Crippen molar-refractivity contribution in [2.24, 2.45) is 0 Å². The van der Waals surface area contributed by atoms with Gasteiger partial charge in [-0.25, -0.2) is 9.59 Å². The van der Waals surface area contributed by atoms with Gasteiger partial charge in [0.05, 0.1) is 12.7 Å². The van der Waals surface area contributed by atoms with Crippen LogP contribution in [0.1, 0.15) is 22.2 Å². The van der Waals surface area contributed by atoms with E-state index >= 15 is 0 Å². The number of carbonyl (C=O) groups is 2. The van der Waals surface area contributed by atoms with E-state index in [9.17, 15) is 14.7 Å². The summed E-state index contributed by atoms with van der Waals surface area (Å²) in [7, 11) is 0. The van der Waals surface area contributed by atoms with Gasteiger partial charge in [-0.2, -0.15) is 0 Å². The number of aliphatic hydroxyl groups excluding tert-OH is 1. The normalized spacial score (nSPS) is 14.2. The first-order valence-electron chi connectivity index (χ1n) is 4.91. The quantitative estimate of drug-likeness (QED) is 0.266. The van der Waals surface area contributed by atoms with E-state index in [1.54, 1.807) is 6.92 Å². The van der Waals surface area contributed by atoms with Crippen molar-refractivity contribution in [1.82, 2.24) is 5.32 Å². The summed E-state index contributed by atoms with van der Waals surface area (Å²) >= 11 is 0. The second kappa shape index (κ2) is 9.47. The van der Waals surface area contributed by atoms with Gasteiger partial charge in [-0.05, 0) is 20.8 Å². The predicted molar refractivity (Wildman–Crippen MR) is 57.7 cm³/mol. The zero-order chi connectivity index (χ0) is 12.7. The number of aliphatic hydroxyl groups is 1. The number of carbonyl (C=O) groups excluding carboxylic acids is 1. The topological polar surface area (TPSA) is 95.9 Å². The van der Waals surface area contributed by atoms with Gasteiger partial charge in [-0.3, -0.25) is 0 Å². The van der Waals surface area contributed by atoms with Crippen molar-refractivity contribution in [3.8, 4) is 0 Å². The van der Waals surface area contributed by atoms with Gasteiger partial charge in [-0.15, -0.1) is 0 Å². The molecule has 0 aliphatic rings. The molecule has 0 saturated heterocycles. The molecule has 17 heavy (non-hydrogen) atoms. The van der Waals surface area contributed by atoms with Crippen LogP contribution in [0.25, 0.3) is 0 Å². The minimum atomic E-state index is -1.19. The number of nitrogens with one attached hydrogen (secondary N) is 1. The zero-order valence-electron chi connectivity index (χ0n) is 11.6. The molecule has 0 amide bonds. The van der Waals surface area contributed by atoms with Gasteiger partial charge >= 0.3 is 41.5 Å². The molecule has 0 fully saturated rings. The first-order valence-corrected chi connectivity index (χ1v) is 4.91. The van der Waals surface area contributed by atoms with Crippen LogP contribution in [-0.2, 0) is 14.3 Å². The molecule has 3 N–H and O–H groups in total. The monoisotopic (exact) mass is 255 g/mol. The number of carboxylic acid groups (broad SMARTS) is 1. The molecule has 0 aromatic carbocycles. The van der Waals surface area contributed by atoms with Gasteiger partial charge in [0.15, 0.2) is 6.04 Å². The fraction of sp³-hybridized carbons (Fsp3) is 0.600. The Morgan fingerprint density at radius 2 is 2.06 bits per heavy atom. The molecule has 0 bridgehead atoms. The fourth-order valence-corrected chi connectivity index (χ4v) is 1.04. The largest absolute Gasteiger partial charge is 1.00 e. The maximum absolute atomic E-state index is 11.0. The van der Waals surface area contributed by atoms with Gasteiger partial charge in [0.25, 0.3) is 0 Å². The molecule has 0 aliphatic carbocycles. The third-order valence-corrected chi connectivity index (χ3v) is 1.75. The van der Waals surface area contributed by atoms with Crippen molar-refractivity contribution in [1.29, 1.82) is 0 Å². The van der Waals surface area contributed by atoms with Crippen LogP contribution in [0.15, 0.2) is 11.8 Å². The number of esters is 1. The van der Waals surface area contributed by atoms with Crippen molar-refractivity contribution >= 4 is 11.9 Å². The van der Waals surface area contributed by atoms with Gasteiger partial charge < -0.3 is 21.7 Å². The summed E-state index contributed by atoms with van der Waals surface area (Å²) in [5.41, 5.74) is 0.326. The number of carboxylic acids is 1. The van der Waals surface area contributed by atoms with E-state index in [-0.39, 0.29) is 37.6 Å². The molecule has 2 atom stereocenters. The molecule has 0 aromatic rings. The van der Waals surface area contributed by atoms with Crippen LogP contribution < -0.4 is 34.9 Å². The smallest absolute Gasteiger partial charge is 1.00 e. The number of aliphatic carboxylic acids is 1. The molecule has 0 spiro atoms. The molecule has 0 aliphatic heterocycles. The Bertz CT molecular complexity index is 296. The summed E-state index contributed by atoms with van der Waals surface area (Å²) in [6.07, 6.45) is 0.0741. The summed E-state index contributed by atoms with van der Waals surface area (Å²) in [6, 6.07) is -1.15. The number of ether oxygens (including phenoxy) is 1. The first-order chi connectivity index (χ1) is 7.38. The third-order valence-electron chi connectivity index (χ3n) is 1.75. The molecule has 0 heterocycles. The minimum Gasteiger partial charge on any atom is -1.00 e. The third kappa shape index (κ3) is 8.20. The Balaban J connectivity index is -0.00000112. The maximum atomic E-state index is 11.0. The molecular weight excluding hydrogens is 237 g/mol. The number of hydrogen-bond donors (Lipinski definition) is 3. The molecule has 0 radical (unpaired) electrons. The molecule has 7 heteroatoms. The molecule has 6 nitrogen and oxygen atoms in total. The molecule has 0 unspecified atom stereocenters. The minimum absolute atomic E-state index is 0. The molecular formula is C10H18NNaO5. The van der Waals surface area contributed by atoms with Crippen LogP contribution in [0.5, 0.6) is 0 Å². The van der Waals surface area contributed by atoms with Crippen LogP contribution in [0.2, 0.25) is 0 Å². The van der Waals surface area contributed by atoms with Crippen LogP contribution in [0.3, 0.4) is 0 Å². The number of rotatable bonds is 6. The van der Waals surface area contributed by atoms with E-state index in [0.29, 0.717) is 5.70 Å². The second-order valence-electron chi connectivity index (χ2n) is 3.28. The van der Waals surface area contributed by atoms with E-state index in [1.165, 1.54) is 13.8 Å². The van der Waals surface area contributed by atoms with Crippen LogP contribution in [0, 0.1) is 0 Å². The van der Waals surface area contributed by atoms with Crippen molar-refractivity contribution in [2.45, 2.75) is 32.9 Å². The van der Waals surface area contributed by atoms with E-state index in [4.69, 9.17) is 5.11 Å². The second-order valence-corrected chi connectivity index (χ2v) is 3.28. The van der Waals surface area contributed by atoms with Gasteiger partial charge in [0.1, 0.15) is 0 Å².